The number of carbonyl (C=O) groups is 1. The Bertz CT molecular complexity index is 649. The van der Waals surface area contributed by atoms with Gasteiger partial charge in [0.2, 0.25) is 0 Å². The normalized spacial score (nSPS) is 18.5. The molecule has 0 saturated heterocycles. The lowest BCUT2D eigenvalue weighted by molar-refractivity contribution is 0.155. The van der Waals surface area contributed by atoms with Gasteiger partial charge >= 0.3 is 6.03 Å². The van der Waals surface area contributed by atoms with E-state index in [1.165, 1.54) is 0 Å². The lowest BCUT2D eigenvalue weighted by Crippen LogP contribution is -2.57. The van der Waals surface area contributed by atoms with Crippen LogP contribution in [0, 0.1) is 0 Å². The molecule has 1 unspecified atom stereocenters. The van der Waals surface area contributed by atoms with Crippen LogP contribution >= 0.6 is 0 Å². The van der Waals surface area contributed by atoms with Crippen LogP contribution in [0.3, 0.4) is 0 Å². The van der Waals surface area contributed by atoms with Gasteiger partial charge in [-0.05, 0) is 45.0 Å². The van der Waals surface area contributed by atoms with Crippen LogP contribution in [0.5, 0.6) is 11.5 Å². The first-order valence-corrected chi connectivity index (χ1v) is 7.90. The molecule has 0 fully saturated rings. The molecule has 0 spiro atoms. The molecular weight excluding hydrogens is 306 g/mol. The highest BCUT2D eigenvalue weighted by molar-refractivity contribution is 5.88. The Balaban J connectivity index is 2.46. The topological polar surface area (TPSA) is 54.0 Å². The highest BCUT2D eigenvalue weighted by Gasteiger charge is 2.32. The maximum absolute atomic E-state index is 12.6. The summed E-state index contributed by atoms with van der Waals surface area (Å²) in [4.78, 5) is 15.9. The molecular formula is C18H27N3O3. The SMILES string of the molecule is COc1ccc(C2=CC(NC(C)(C)C)N(C)C(=O)N2C)cc1OC. The molecule has 24 heavy (non-hydrogen) atoms. The molecule has 0 saturated carbocycles. The first kappa shape index (κ1) is 18.1. The van der Waals surface area contributed by atoms with Gasteiger partial charge in [0.1, 0.15) is 6.17 Å². The molecule has 1 N–H and O–H groups in total. The van der Waals surface area contributed by atoms with Gasteiger partial charge in [0.25, 0.3) is 0 Å². The van der Waals surface area contributed by atoms with Gasteiger partial charge in [-0.25, -0.2) is 4.79 Å². The number of benzene rings is 1. The second-order valence-corrected chi connectivity index (χ2v) is 6.91. The lowest BCUT2D eigenvalue weighted by Gasteiger charge is -2.40. The number of hydrogen-bond donors (Lipinski definition) is 1. The predicted molar refractivity (Wildman–Crippen MR) is 95.1 cm³/mol. The predicted octanol–water partition coefficient (Wildman–Crippen LogP) is 2.76. The third kappa shape index (κ3) is 3.64. The number of methoxy groups -OCH3 is 2. The molecule has 2 rings (SSSR count). The summed E-state index contributed by atoms with van der Waals surface area (Å²) in [6.45, 7) is 6.23. The minimum Gasteiger partial charge on any atom is -0.493 e. The van der Waals surface area contributed by atoms with Crippen LogP contribution in [0.4, 0.5) is 4.79 Å². The quantitative estimate of drug-likeness (QED) is 0.920. The molecule has 6 heteroatoms. The Morgan fingerprint density at radius 1 is 1.08 bits per heavy atom. The fraction of sp³-hybridized carbons (Fsp3) is 0.500. The second-order valence-electron chi connectivity index (χ2n) is 6.91. The van der Waals surface area contributed by atoms with Crippen LogP contribution in [0.2, 0.25) is 0 Å². The summed E-state index contributed by atoms with van der Waals surface area (Å²) < 4.78 is 10.7. The van der Waals surface area contributed by atoms with E-state index in [2.05, 4.69) is 26.1 Å². The van der Waals surface area contributed by atoms with E-state index < -0.39 is 0 Å². The van der Waals surface area contributed by atoms with E-state index in [9.17, 15) is 4.79 Å². The van der Waals surface area contributed by atoms with Crippen LogP contribution in [-0.2, 0) is 0 Å². The van der Waals surface area contributed by atoms with E-state index in [-0.39, 0.29) is 17.7 Å². The van der Waals surface area contributed by atoms with Gasteiger partial charge in [0.05, 0.1) is 19.9 Å². The Kier molecular flexibility index (Phi) is 5.08. The molecule has 1 aliphatic heterocycles. The number of nitrogens with one attached hydrogen (secondary N) is 1. The fourth-order valence-corrected chi connectivity index (χ4v) is 2.70. The number of likely N-dealkylation sites (N-methyl/N-ethyl adjacent to an activating group) is 1. The zero-order chi connectivity index (χ0) is 18.1. The average Bonchev–Trinajstić information content (AvgIpc) is 2.53. The van der Waals surface area contributed by atoms with Crippen LogP contribution in [-0.4, -0.2) is 55.9 Å². The molecule has 1 aromatic carbocycles. The highest BCUT2D eigenvalue weighted by Crippen LogP contribution is 2.33. The van der Waals surface area contributed by atoms with Crippen molar-refractivity contribution in [2.75, 3.05) is 28.3 Å². The summed E-state index contributed by atoms with van der Waals surface area (Å²) in [7, 11) is 6.77. The molecule has 1 heterocycles. The van der Waals surface area contributed by atoms with E-state index >= 15 is 0 Å². The standard InChI is InChI=1S/C18H27N3O3/c1-18(2,3)19-16-11-13(20(4)17(22)21(16)5)12-8-9-14(23-6)15(10-12)24-7/h8-11,16,19H,1-7H3. The Morgan fingerprint density at radius 3 is 2.25 bits per heavy atom. The zero-order valence-corrected chi connectivity index (χ0v) is 15.5. The summed E-state index contributed by atoms with van der Waals surface area (Å²) >= 11 is 0. The molecule has 1 atom stereocenters. The molecule has 6 nitrogen and oxygen atoms in total. The van der Waals surface area contributed by atoms with E-state index in [1.54, 1.807) is 38.1 Å². The van der Waals surface area contributed by atoms with Gasteiger partial charge in [-0.2, -0.15) is 0 Å². The lowest BCUT2D eigenvalue weighted by atomic mass is 10.0. The Morgan fingerprint density at radius 2 is 1.71 bits per heavy atom. The van der Waals surface area contributed by atoms with Crippen LogP contribution in [0.15, 0.2) is 24.3 Å². The van der Waals surface area contributed by atoms with Crippen LogP contribution in [0.1, 0.15) is 26.3 Å². The van der Waals surface area contributed by atoms with Gasteiger partial charge < -0.3 is 14.4 Å². The molecule has 0 bridgehead atoms. The summed E-state index contributed by atoms with van der Waals surface area (Å²) in [6.07, 6.45) is 1.87. The Labute approximate surface area is 144 Å². The summed E-state index contributed by atoms with van der Waals surface area (Å²) in [6, 6.07) is 5.59. The smallest absolute Gasteiger partial charge is 0.325 e. The van der Waals surface area contributed by atoms with Crippen molar-refractivity contribution in [3.05, 3.63) is 29.8 Å². The van der Waals surface area contributed by atoms with Crippen molar-refractivity contribution in [1.29, 1.82) is 0 Å². The van der Waals surface area contributed by atoms with E-state index in [0.717, 1.165) is 11.3 Å². The van der Waals surface area contributed by atoms with E-state index in [1.807, 2.05) is 24.3 Å². The average molecular weight is 333 g/mol. The van der Waals surface area contributed by atoms with Gasteiger partial charge in [0.15, 0.2) is 11.5 Å². The first-order valence-electron chi connectivity index (χ1n) is 7.90. The number of urea groups is 1. The number of ether oxygens (including phenoxy) is 2. The molecule has 0 aliphatic carbocycles. The number of rotatable bonds is 4. The number of amides is 2. The van der Waals surface area contributed by atoms with Gasteiger partial charge in [-0.1, -0.05) is 0 Å². The number of nitrogens with zero attached hydrogens (tertiary/aromatic N) is 2. The summed E-state index contributed by atoms with van der Waals surface area (Å²) in [5, 5.41) is 3.46. The summed E-state index contributed by atoms with van der Waals surface area (Å²) in [5.41, 5.74) is 1.62. The minimum absolute atomic E-state index is 0.0657. The van der Waals surface area contributed by atoms with Crippen molar-refractivity contribution in [3.63, 3.8) is 0 Å². The summed E-state index contributed by atoms with van der Waals surface area (Å²) in [5.74, 6) is 1.30. The maximum Gasteiger partial charge on any atom is 0.325 e. The van der Waals surface area contributed by atoms with Crippen molar-refractivity contribution < 1.29 is 14.3 Å². The molecule has 1 aromatic rings. The highest BCUT2D eigenvalue weighted by atomic mass is 16.5. The number of hydrogen-bond acceptors (Lipinski definition) is 4. The van der Waals surface area contributed by atoms with E-state index in [4.69, 9.17) is 9.47 Å². The van der Waals surface area contributed by atoms with Crippen molar-refractivity contribution in [2.24, 2.45) is 0 Å². The monoisotopic (exact) mass is 333 g/mol. The maximum atomic E-state index is 12.6. The molecule has 132 valence electrons. The Hall–Kier alpha value is -2.21. The van der Waals surface area contributed by atoms with Gasteiger partial charge in [0, 0.05) is 25.2 Å². The van der Waals surface area contributed by atoms with Crippen molar-refractivity contribution in [1.82, 2.24) is 15.1 Å². The first-order chi connectivity index (χ1) is 11.2. The van der Waals surface area contributed by atoms with Crippen LogP contribution in [0.25, 0.3) is 5.70 Å². The molecule has 0 radical (unpaired) electrons. The third-order valence-corrected chi connectivity index (χ3v) is 3.94. The second kappa shape index (κ2) is 6.73. The fourth-order valence-electron chi connectivity index (χ4n) is 2.70. The number of carbonyl (C=O) groups excluding carboxylic acids is 1. The third-order valence-electron chi connectivity index (χ3n) is 3.94. The minimum atomic E-state index is -0.184. The van der Waals surface area contributed by atoms with Crippen molar-refractivity contribution in [3.8, 4) is 11.5 Å². The molecule has 0 aromatic heterocycles. The van der Waals surface area contributed by atoms with Gasteiger partial charge in [-0.15, -0.1) is 0 Å². The van der Waals surface area contributed by atoms with Crippen LogP contribution < -0.4 is 14.8 Å². The van der Waals surface area contributed by atoms with Crippen molar-refractivity contribution >= 4 is 11.7 Å². The molecule has 2 amide bonds. The van der Waals surface area contributed by atoms with Gasteiger partial charge in [-0.3, -0.25) is 10.2 Å². The molecule has 1 aliphatic rings. The van der Waals surface area contributed by atoms with E-state index in [0.29, 0.717) is 11.5 Å². The van der Waals surface area contributed by atoms with Crippen molar-refractivity contribution in [2.45, 2.75) is 32.5 Å². The zero-order valence-electron chi connectivity index (χ0n) is 15.5. The largest absolute Gasteiger partial charge is 0.493 e.